The molecule has 1 rings (SSSR count). The molecule has 0 aliphatic carbocycles. The van der Waals surface area contributed by atoms with Crippen LogP contribution in [0.4, 0.5) is 0 Å². The Bertz CT molecular complexity index is 537. The van der Waals surface area contributed by atoms with Crippen LogP contribution in [0.15, 0.2) is 30.3 Å². The molecule has 0 bridgehead atoms. The quantitative estimate of drug-likeness (QED) is 0.777. The van der Waals surface area contributed by atoms with Crippen LogP contribution in [0.25, 0.3) is 0 Å². The van der Waals surface area contributed by atoms with Crippen molar-refractivity contribution in [3.05, 3.63) is 35.9 Å². The Morgan fingerprint density at radius 3 is 1.65 bits per heavy atom. The van der Waals surface area contributed by atoms with E-state index in [1.807, 2.05) is 37.3 Å². The molecule has 0 radical (unpaired) electrons. The highest BCUT2D eigenvalue weighted by Gasteiger charge is 1.77. The normalized spacial score (nSPS) is 6.39. The molecule has 0 N–H and O–H groups in total. The zero-order valence-corrected chi connectivity index (χ0v) is 14.8. The lowest BCUT2D eigenvalue weighted by atomic mass is 10.2. The molecular weight excluding hydrogens is 284 g/mol. The van der Waals surface area contributed by atoms with Crippen molar-refractivity contribution >= 4 is 0 Å². The first kappa shape index (κ1) is 25.3. The summed E-state index contributed by atoms with van der Waals surface area (Å²) in [6.45, 7) is 6.25. The van der Waals surface area contributed by atoms with Crippen LogP contribution in [0.3, 0.4) is 0 Å². The van der Waals surface area contributed by atoms with Gasteiger partial charge < -0.3 is 9.47 Å². The monoisotopic (exact) mass is 310 g/mol. The van der Waals surface area contributed by atoms with Crippen molar-refractivity contribution < 1.29 is 9.47 Å². The molecule has 23 heavy (non-hydrogen) atoms. The van der Waals surface area contributed by atoms with Crippen molar-refractivity contribution in [3.8, 4) is 48.4 Å². The molecular formula is C21H26O2. The van der Waals surface area contributed by atoms with E-state index in [1.54, 1.807) is 28.1 Å². The predicted octanol–water partition coefficient (Wildman–Crippen LogP) is 3.62. The molecule has 0 spiro atoms. The van der Waals surface area contributed by atoms with Gasteiger partial charge in [-0.2, -0.15) is 0 Å². The second-order valence-corrected chi connectivity index (χ2v) is 3.53. The third-order valence-corrected chi connectivity index (χ3v) is 1.66. The second kappa shape index (κ2) is 27.7. The number of rotatable bonds is 2. The molecule has 122 valence electrons. The molecule has 0 amide bonds. The first-order valence-corrected chi connectivity index (χ1v) is 6.84. The Labute approximate surface area is 142 Å². The lowest BCUT2D eigenvalue weighted by molar-refractivity contribution is 0.239. The van der Waals surface area contributed by atoms with Gasteiger partial charge in [-0.15, -0.1) is 30.6 Å². The highest BCUT2D eigenvalue weighted by atomic mass is 16.5. The van der Waals surface area contributed by atoms with Crippen molar-refractivity contribution in [2.24, 2.45) is 0 Å². The van der Waals surface area contributed by atoms with Gasteiger partial charge in [0.1, 0.15) is 13.2 Å². The van der Waals surface area contributed by atoms with Crippen LogP contribution in [0, 0.1) is 48.4 Å². The predicted molar refractivity (Wildman–Crippen MR) is 99.5 cm³/mol. The minimum absolute atomic E-state index is 0.417. The fraction of sp³-hybridized carbons (Fsp3) is 0.333. The van der Waals surface area contributed by atoms with Gasteiger partial charge in [0, 0.05) is 19.8 Å². The molecule has 0 aliphatic heterocycles. The van der Waals surface area contributed by atoms with Gasteiger partial charge >= 0.3 is 0 Å². The summed E-state index contributed by atoms with van der Waals surface area (Å²) in [5.74, 6) is 15.8. The average Bonchev–Trinajstić information content (AvgIpc) is 2.57. The molecule has 1 aromatic rings. The fourth-order valence-corrected chi connectivity index (χ4v) is 0.893. The molecule has 0 aliphatic rings. The third-order valence-electron chi connectivity index (χ3n) is 1.66. The summed E-state index contributed by atoms with van der Waals surface area (Å²) in [5, 5.41) is 0. The number of hydrogen-bond donors (Lipinski definition) is 0. The standard InChI is InChI=1S/C9H8.C5H8O.C4H6O.C3H4/c1-2-6-9-7-4-3-5-8-9;1-3-4-5-6-2;1-3-4-5-2;1-3-2/h3-5,7-8H,1H3;5H2,1-2H3;1H,4H2,2H3;1H,2H3. The molecule has 2 heteroatoms. The summed E-state index contributed by atoms with van der Waals surface area (Å²) in [5.41, 5.74) is 1.08. The maximum atomic E-state index is 4.76. The molecule has 2 nitrogen and oxygen atoms in total. The van der Waals surface area contributed by atoms with Gasteiger partial charge in [-0.1, -0.05) is 36.0 Å². The van der Waals surface area contributed by atoms with Gasteiger partial charge in [0.15, 0.2) is 0 Å². The number of ether oxygens (including phenoxy) is 2. The van der Waals surface area contributed by atoms with Gasteiger partial charge in [0.25, 0.3) is 0 Å². The Hall–Kier alpha value is -2.62. The van der Waals surface area contributed by atoms with Crippen LogP contribution in [0.5, 0.6) is 0 Å². The Morgan fingerprint density at radius 2 is 1.39 bits per heavy atom. The zero-order chi connectivity index (χ0) is 18.2. The Balaban J connectivity index is -0.000000252. The topological polar surface area (TPSA) is 18.5 Å². The van der Waals surface area contributed by atoms with Crippen LogP contribution >= 0.6 is 0 Å². The molecule has 0 fully saturated rings. The molecule has 0 unspecified atom stereocenters. The molecule has 0 atom stereocenters. The molecule has 0 saturated heterocycles. The first-order chi connectivity index (χ1) is 11.2. The molecule has 0 heterocycles. The Morgan fingerprint density at radius 1 is 0.870 bits per heavy atom. The van der Waals surface area contributed by atoms with Gasteiger partial charge in [-0.05, 0) is 32.9 Å². The summed E-state index contributed by atoms with van der Waals surface area (Å²) in [4.78, 5) is 0. The van der Waals surface area contributed by atoms with Gasteiger partial charge in [-0.3, -0.25) is 0 Å². The van der Waals surface area contributed by atoms with E-state index in [4.69, 9.17) is 6.42 Å². The van der Waals surface area contributed by atoms with E-state index >= 15 is 0 Å². The number of terminal acetylenes is 2. The van der Waals surface area contributed by atoms with Crippen LogP contribution in [-0.2, 0) is 9.47 Å². The van der Waals surface area contributed by atoms with E-state index in [-0.39, 0.29) is 0 Å². The van der Waals surface area contributed by atoms with E-state index in [0.717, 1.165) is 5.56 Å². The van der Waals surface area contributed by atoms with E-state index in [2.05, 4.69) is 51.4 Å². The van der Waals surface area contributed by atoms with Gasteiger partial charge in [0.2, 0.25) is 0 Å². The summed E-state index contributed by atoms with van der Waals surface area (Å²) >= 11 is 0. The van der Waals surface area contributed by atoms with Gasteiger partial charge in [-0.25, -0.2) is 0 Å². The number of hydrogen-bond acceptors (Lipinski definition) is 2. The summed E-state index contributed by atoms with van der Waals surface area (Å²) < 4.78 is 9.06. The van der Waals surface area contributed by atoms with E-state index in [1.165, 1.54) is 0 Å². The van der Waals surface area contributed by atoms with Crippen LogP contribution < -0.4 is 0 Å². The van der Waals surface area contributed by atoms with Crippen LogP contribution in [-0.4, -0.2) is 27.4 Å². The first-order valence-electron chi connectivity index (χ1n) is 6.84. The largest absolute Gasteiger partial charge is 0.372 e. The highest BCUT2D eigenvalue weighted by molar-refractivity contribution is 5.32. The van der Waals surface area contributed by atoms with Crippen molar-refractivity contribution in [3.63, 3.8) is 0 Å². The van der Waals surface area contributed by atoms with E-state index in [9.17, 15) is 0 Å². The third kappa shape index (κ3) is 32.7. The van der Waals surface area contributed by atoms with Crippen LogP contribution in [0.2, 0.25) is 0 Å². The Kier molecular flexibility index (Phi) is 30.5. The molecule has 0 aromatic heterocycles. The lowest BCUT2D eigenvalue weighted by Crippen LogP contribution is -1.78. The smallest absolute Gasteiger partial charge is 0.107 e. The zero-order valence-electron chi connectivity index (χ0n) is 14.8. The lowest BCUT2D eigenvalue weighted by Gasteiger charge is -1.83. The second-order valence-electron chi connectivity index (χ2n) is 3.53. The van der Waals surface area contributed by atoms with E-state index in [0.29, 0.717) is 13.2 Å². The summed E-state index contributed by atoms with van der Waals surface area (Å²) in [6, 6.07) is 9.95. The van der Waals surface area contributed by atoms with Crippen molar-refractivity contribution in [1.29, 1.82) is 0 Å². The SMILES string of the molecule is C#CC.C#CCOC.CC#CCOC.CC#Cc1ccccc1. The maximum Gasteiger partial charge on any atom is 0.107 e. The number of benzene rings is 1. The van der Waals surface area contributed by atoms with Crippen LogP contribution in [0.1, 0.15) is 26.3 Å². The maximum absolute atomic E-state index is 4.76. The summed E-state index contributed by atoms with van der Waals surface area (Å²) in [6.07, 6.45) is 9.36. The number of methoxy groups -OCH3 is 2. The molecule has 0 saturated carbocycles. The fourth-order valence-electron chi connectivity index (χ4n) is 0.893. The van der Waals surface area contributed by atoms with Crippen molar-refractivity contribution in [2.75, 3.05) is 27.4 Å². The van der Waals surface area contributed by atoms with E-state index < -0.39 is 0 Å². The average molecular weight is 310 g/mol. The minimum Gasteiger partial charge on any atom is -0.372 e. The van der Waals surface area contributed by atoms with Crippen molar-refractivity contribution in [1.82, 2.24) is 0 Å². The minimum atomic E-state index is 0.417. The molecule has 1 aromatic carbocycles. The van der Waals surface area contributed by atoms with Gasteiger partial charge in [0.05, 0.1) is 0 Å². The highest BCUT2D eigenvalue weighted by Crippen LogP contribution is 1.93. The van der Waals surface area contributed by atoms with Crippen molar-refractivity contribution in [2.45, 2.75) is 20.8 Å². The summed E-state index contributed by atoms with van der Waals surface area (Å²) in [7, 11) is 3.20.